The van der Waals surface area contributed by atoms with E-state index in [0.717, 1.165) is 4.90 Å². The third-order valence-electron chi connectivity index (χ3n) is 1.90. The first-order valence-electron chi connectivity index (χ1n) is 4.34. The number of amides is 1. The molecule has 16 heavy (non-hydrogen) atoms. The van der Waals surface area contributed by atoms with Gasteiger partial charge in [-0.25, -0.2) is 0 Å². The number of hydrogen-bond acceptors (Lipinski definition) is 2. The van der Waals surface area contributed by atoms with Crippen molar-refractivity contribution in [3.8, 4) is 0 Å². The van der Waals surface area contributed by atoms with E-state index in [-0.39, 0.29) is 17.1 Å². The summed E-state index contributed by atoms with van der Waals surface area (Å²) < 4.78 is 0.601. The molecule has 0 heterocycles. The number of carbonyl (C=O) groups excluding carboxylic acids is 1. The van der Waals surface area contributed by atoms with E-state index in [9.17, 15) is 9.59 Å². The van der Waals surface area contributed by atoms with Crippen molar-refractivity contribution in [2.24, 2.45) is 0 Å². The molecule has 0 aromatic heterocycles. The molecule has 0 aliphatic carbocycles. The van der Waals surface area contributed by atoms with Crippen molar-refractivity contribution < 1.29 is 14.7 Å². The summed E-state index contributed by atoms with van der Waals surface area (Å²) in [6.07, 6.45) is 0. The second-order valence-corrected chi connectivity index (χ2v) is 4.39. The summed E-state index contributed by atoms with van der Waals surface area (Å²) in [5.41, 5.74) is 0.278. The fourth-order valence-electron chi connectivity index (χ4n) is 1.15. The lowest BCUT2D eigenvalue weighted by Crippen LogP contribution is -2.32. The number of rotatable bonds is 3. The van der Waals surface area contributed by atoms with Crippen LogP contribution in [0.2, 0.25) is 5.02 Å². The Bertz CT molecular complexity index is 436. The highest BCUT2D eigenvalue weighted by molar-refractivity contribution is 9.10. The Labute approximate surface area is 106 Å². The molecular formula is C10H9BrClNO3. The molecule has 0 spiro atoms. The van der Waals surface area contributed by atoms with Crippen LogP contribution >= 0.6 is 27.5 Å². The van der Waals surface area contributed by atoms with Crippen LogP contribution in [0.4, 0.5) is 0 Å². The van der Waals surface area contributed by atoms with Gasteiger partial charge in [-0.1, -0.05) is 17.7 Å². The zero-order valence-corrected chi connectivity index (χ0v) is 10.7. The smallest absolute Gasteiger partial charge is 0.323 e. The second kappa shape index (κ2) is 5.32. The lowest BCUT2D eigenvalue weighted by molar-refractivity contribution is -0.137. The van der Waals surface area contributed by atoms with Gasteiger partial charge in [0.25, 0.3) is 5.91 Å². The zero-order chi connectivity index (χ0) is 12.3. The summed E-state index contributed by atoms with van der Waals surface area (Å²) in [5.74, 6) is -1.49. The maximum Gasteiger partial charge on any atom is 0.323 e. The van der Waals surface area contributed by atoms with Crippen LogP contribution in [0.3, 0.4) is 0 Å². The SMILES string of the molecule is CN(CC(=O)O)C(=O)c1cccc(Br)c1Cl. The number of carbonyl (C=O) groups is 2. The van der Waals surface area contributed by atoms with Gasteiger partial charge in [-0.3, -0.25) is 9.59 Å². The van der Waals surface area contributed by atoms with Crippen LogP contribution in [-0.2, 0) is 4.79 Å². The monoisotopic (exact) mass is 305 g/mol. The number of aliphatic carboxylic acids is 1. The normalized spacial score (nSPS) is 9.94. The van der Waals surface area contributed by atoms with Gasteiger partial charge in [0, 0.05) is 11.5 Å². The molecule has 0 bridgehead atoms. The molecule has 0 atom stereocenters. The Morgan fingerprint density at radius 3 is 2.69 bits per heavy atom. The fraction of sp³-hybridized carbons (Fsp3) is 0.200. The first-order valence-corrected chi connectivity index (χ1v) is 5.52. The number of carboxylic acid groups (broad SMARTS) is 1. The minimum absolute atomic E-state index is 0.278. The number of nitrogens with zero attached hydrogens (tertiary/aromatic N) is 1. The molecule has 1 aromatic carbocycles. The van der Waals surface area contributed by atoms with Gasteiger partial charge in [0.2, 0.25) is 0 Å². The van der Waals surface area contributed by atoms with Gasteiger partial charge in [0.1, 0.15) is 6.54 Å². The molecule has 0 radical (unpaired) electrons. The third kappa shape index (κ3) is 2.96. The summed E-state index contributed by atoms with van der Waals surface area (Å²) in [6.45, 7) is -0.359. The number of hydrogen-bond donors (Lipinski definition) is 1. The van der Waals surface area contributed by atoms with Crippen LogP contribution in [-0.4, -0.2) is 35.5 Å². The standard InChI is InChI=1S/C10H9BrClNO3/c1-13(5-8(14)15)10(16)6-3-2-4-7(11)9(6)12/h2-4H,5H2,1H3,(H,14,15). The van der Waals surface area contributed by atoms with Gasteiger partial charge < -0.3 is 10.0 Å². The Hall–Kier alpha value is -1.07. The minimum Gasteiger partial charge on any atom is -0.480 e. The molecule has 0 aliphatic rings. The molecule has 1 aromatic rings. The van der Waals surface area contributed by atoms with Crippen molar-refractivity contribution in [1.29, 1.82) is 0 Å². The number of likely N-dealkylation sites (N-methyl/N-ethyl adjacent to an activating group) is 1. The van der Waals surface area contributed by atoms with Gasteiger partial charge in [-0.2, -0.15) is 0 Å². The predicted octanol–water partition coefficient (Wildman–Crippen LogP) is 2.26. The number of halogens is 2. The zero-order valence-electron chi connectivity index (χ0n) is 8.41. The van der Waals surface area contributed by atoms with Gasteiger partial charge >= 0.3 is 5.97 Å². The Morgan fingerprint density at radius 2 is 2.12 bits per heavy atom. The first kappa shape index (κ1) is 13.0. The molecule has 86 valence electrons. The molecule has 1 N–H and O–H groups in total. The summed E-state index contributed by atoms with van der Waals surface area (Å²) in [4.78, 5) is 23.4. The molecule has 1 rings (SSSR count). The van der Waals surface area contributed by atoms with E-state index in [1.165, 1.54) is 7.05 Å². The van der Waals surface area contributed by atoms with Crippen LogP contribution < -0.4 is 0 Å². The van der Waals surface area contributed by atoms with Crippen molar-refractivity contribution in [2.75, 3.05) is 13.6 Å². The van der Waals surface area contributed by atoms with Crippen LogP contribution in [0.15, 0.2) is 22.7 Å². The van der Waals surface area contributed by atoms with E-state index in [1.54, 1.807) is 18.2 Å². The maximum absolute atomic E-state index is 11.8. The van der Waals surface area contributed by atoms with Crippen LogP contribution in [0, 0.1) is 0 Å². The fourth-order valence-corrected chi connectivity index (χ4v) is 1.72. The average Bonchev–Trinajstić information content (AvgIpc) is 2.20. The van der Waals surface area contributed by atoms with Crippen LogP contribution in [0.25, 0.3) is 0 Å². The lowest BCUT2D eigenvalue weighted by atomic mass is 10.2. The maximum atomic E-state index is 11.8. The minimum atomic E-state index is -1.07. The molecule has 0 saturated heterocycles. The topological polar surface area (TPSA) is 57.6 Å². The molecule has 1 amide bonds. The van der Waals surface area contributed by atoms with E-state index >= 15 is 0 Å². The van der Waals surface area contributed by atoms with E-state index in [2.05, 4.69) is 15.9 Å². The van der Waals surface area contributed by atoms with Gasteiger partial charge in [0.15, 0.2) is 0 Å². The summed E-state index contributed by atoms with van der Waals surface area (Å²) in [6, 6.07) is 4.92. The van der Waals surface area contributed by atoms with Crippen molar-refractivity contribution in [2.45, 2.75) is 0 Å². The summed E-state index contributed by atoms with van der Waals surface area (Å²) in [7, 11) is 1.41. The Morgan fingerprint density at radius 1 is 1.50 bits per heavy atom. The number of benzene rings is 1. The molecule has 0 saturated carbocycles. The third-order valence-corrected chi connectivity index (χ3v) is 3.20. The van der Waals surface area contributed by atoms with Crippen LogP contribution in [0.1, 0.15) is 10.4 Å². The van der Waals surface area contributed by atoms with Crippen molar-refractivity contribution >= 4 is 39.4 Å². The molecule has 4 nitrogen and oxygen atoms in total. The molecule has 6 heteroatoms. The predicted molar refractivity (Wildman–Crippen MR) is 63.7 cm³/mol. The Balaban J connectivity index is 2.96. The van der Waals surface area contributed by atoms with Crippen molar-refractivity contribution in [3.05, 3.63) is 33.3 Å². The van der Waals surface area contributed by atoms with Crippen LogP contribution in [0.5, 0.6) is 0 Å². The highest BCUT2D eigenvalue weighted by Gasteiger charge is 2.17. The lowest BCUT2D eigenvalue weighted by Gasteiger charge is -2.15. The van der Waals surface area contributed by atoms with E-state index in [0.29, 0.717) is 4.47 Å². The molecule has 0 unspecified atom stereocenters. The second-order valence-electron chi connectivity index (χ2n) is 3.16. The molecule has 0 fully saturated rings. The average molecular weight is 307 g/mol. The molecular weight excluding hydrogens is 297 g/mol. The summed E-state index contributed by atoms with van der Waals surface area (Å²) in [5, 5.41) is 8.85. The largest absolute Gasteiger partial charge is 0.480 e. The Kier molecular flexibility index (Phi) is 4.32. The summed E-state index contributed by atoms with van der Waals surface area (Å²) >= 11 is 9.12. The van der Waals surface area contributed by atoms with E-state index in [4.69, 9.17) is 16.7 Å². The quantitative estimate of drug-likeness (QED) is 0.932. The van der Waals surface area contributed by atoms with Gasteiger partial charge in [-0.05, 0) is 28.1 Å². The molecule has 0 aliphatic heterocycles. The number of carboxylic acids is 1. The first-order chi connectivity index (χ1) is 7.43. The highest BCUT2D eigenvalue weighted by Crippen LogP contribution is 2.26. The van der Waals surface area contributed by atoms with Crippen molar-refractivity contribution in [1.82, 2.24) is 4.90 Å². The van der Waals surface area contributed by atoms with Gasteiger partial charge in [-0.15, -0.1) is 0 Å². The van der Waals surface area contributed by atoms with Crippen molar-refractivity contribution in [3.63, 3.8) is 0 Å². The van der Waals surface area contributed by atoms with Gasteiger partial charge in [0.05, 0.1) is 10.6 Å². The van der Waals surface area contributed by atoms with E-state index < -0.39 is 11.9 Å². The highest BCUT2D eigenvalue weighted by atomic mass is 79.9. The van der Waals surface area contributed by atoms with E-state index in [1.807, 2.05) is 0 Å².